The molecule has 6 nitrogen and oxygen atoms in total. The molecule has 1 aromatic heterocycles. The van der Waals surface area contributed by atoms with Crippen molar-refractivity contribution in [2.45, 2.75) is 56.1 Å². The fourth-order valence-corrected chi connectivity index (χ4v) is 6.12. The number of aromatic nitrogens is 2. The normalized spacial score (nSPS) is 21.3. The second kappa shape index (κ2) is 8.75. The van der Waals surface area contributed by atoms with Crippen LogP contribution in [0, 0.1) is 0 Å². The summed E-state index contributed by atoms with van der Waals surface area (Å²) in [6, 6.07) is -0.364. The smallest absolute Gasteiger partial charge is 0.352 e. The van der Waals surface area contributed by atoms with E-state index in [1.54, 1.807) is 23.6 Å². The van der Waals surface area contributed by atoms with E-state index in [4.69, 9.17) is 0 Å². The van der Waals surface area contributed by atoms with E-state index in [0.717, 1.165) is 10.6 Å². The minimum absolute atomic E-state index is 0.0414. The Morgan fingerprint density at radius 1 is 1.14 bits per heavy atom. The van der Waals surface area contributed by atoms with Gasteiger partial charge in [-0.2, -0.15) is 31.3 Å². The molecule has 0 radical (unpaired) electrons. The molecule has 35 heavy (non-hydrogen) atoms. The number of aryl methyl sites for hydroxylation is 1. The number of piperazine rings is 1. The van der Waals surface area contributed by atoms with Crippen molar-refractivity contribution < 1.29 is 31.1 Å². The predicted molar refractivity (Wildman–Crippen MR) is 120 cm³/mol. The molecule has 3 heterocycles. The van der Waals surface area contributed by atoms with Gasteiger partial charge in [-0.3, -0.25) is 9.36 Å². The molecule has 1 aromatic carbocycles. The number of alkyl halides is 6. The second-order valence-corrected chi connectivity index (χ2v) is 9.75. The molecule has 2 aliphatic rings. The van der Waals surface area contributed by atoms with Crippen molar-refractivity contribution in [3.05, 3.63) is 40.3 Å². The molecule has 1 fully saturated rings. The van der Waals surface area contributed by atoms with Gasteiger partial charge < -0.3 is 9.80 Å². The third kappa shape index (κ3) is 4.38. The average molecular weight is 520 g/mol. The van der Waals surface area contributed by atoms with Crippen LogP contribution in [0.15, 0.2) is 28.4 Å². The van der Waals surface area contributed by atoms with Crippen LogP contribution < -0.4 is 10.6 Å². The molecule has 4 rings (SSSR count). The lowest BCUT2D eigenvalue weighted by atomic mass is 10.0. The molecule has 2 aromatic rings. The summed E-state index contributed by atoms with van der Waals surface area (Å²) in [6.07, 6.45) is -9.11. The SMILES string of the molecule is C=CC(=O)N1C(C)CN(c2nc(=O)n3c4c(c(C(F)(F)F)c(C(F)(F)F)cc24)SCCC3)CC1C. The maximum absolute atomic E-state index is 14.0. The highest BCUT2D eigenvalue weighted by Crippen LogP contribution is 2.49. The zero-order valence-corrected chi connectivity index (χ0v) is 19.6. The molecule has 0 saturated carbocycles. The first kappa shape index (κ1) is 25.4. The molecule has 1 saturated heterocycles. The molecule has 2 aliphatic heterocycles. The summed E-state index contributed by atoms with van der Waals surface area (Å²) in [5.41, 5.74) is -4.60. The summed E-state index contributed by atoms with van der Waals surface area (Å²) < 4.78 is 84.8. The van der Waals surface area contributed by atoms with Gasteiger partial charge in [-0.05, 0) is 38.2 Å². The van der Waals surface area contributed by atoms with E-state index in [1.807, 2.05) is 0 Å². The molecule has 2 unspecified atom stereocenters. The van der Waals surface area contributed by atoms with Crippen molar-refractivity contribution >= 4 is 34.4 Å². The van der Waals surface area contributed by atoms with Crippen molar-refractivity contribution in [3.8, 4) is 0 Å². The fraction of sp³-hybridized carbons (Fsp3) is 0.500. The molecule has 2 atom stereocenters. The summed E-state index contributed by atoms with van der Waals surface area (Å²) >= 11 is 0.668. The number of nitrogens with zero attached hydrogens (tertiary/aromatic N) is 4. The van der Waals surface area contributed by atoms with Gasteiger partial charge in [0.05, 0.1) is 16.6 Å². The lowest BCUT2D eigenvalue weighted by molar-refractivity contribution is -0.163. The maximum Gasteiger partial charge on any atom is 0.418 e. The highest BCUT2D eigenvalue weighted by molar-refractivity contribution is 7.99. The maximum atomic E-state index is 14.0. The summed E-state index contributed by atoms with van der Waals surface area (Å²) in [5.74, 6) is -0.322. The van der Waals surface area contributed by atoms with E-state index in [9.17, 15) is 35.9 Å². The Kier molecular flexibility index (Phi) is 6.35. The van der Waals surface area contributed by atoms with Crippen LogP contribution in [-0.2, 0) is 23.7 Å². The van der Waals surface area contributed by atoms with Crippen LogP contribution in [0.3, 0.4) is 0 Å². The first-order chi connectivity index (χ1) is 16.3. The highest BCUT2D eigenvalue weighted by atomic mass is 32.2. The van der Waals surface area contributed by atoms with E-state index in [2.05, 4.69) is 11.6 Å². The third-order valence-electron chi connectivity index (χ3n) is 6.21. The Balaban J connectivity index is 2.02. The molecule has 13 heteroatoms. The van der Waals surface area contributed by atoms with Gasteiger partial charge in [-0.25, -0.2) is 4.79 Å². The second-order valence-electron chi connectivity index (χ2n) is 8.64. The topological polar surface area (TPSA) is 58.4 Å². The Morgan fingerprint density at radius 2 is 1.77 bits per heavy atom. The van der Waals surface area contributed by atoms with E-state index >= 15 is 0 Å². The number of anilines is 1. The lowest BCUT2D eigenvalue weighted by Gasteiger charge is -2.44. The number of hydrogen-bond donors (Lipinski definition) is 0. The Bertz CT molecular complexity index is 1240. The van der Waals surface area contributed by atoms with Crippen LogP contribution in [0.5, 0.6) is 0 Å². The summed E-state index contributed by atoms with van der Waals surface area (Å²) in [5, 5.41) is -0.169. The lowest BCUT2D eigenvalue weighted by Crippen LogP contribution is -2.58. The standard InChI is InChI=1S/C22H22F6N4O2S/c1-4-15(33)32-11(2)9-30(10-12(32)3)19-13-8-14(21(23,24)25)16(22(26,27)28)18-17(13)31(20(34)29-19)6-5-7-35-18/h4,8,11-12H,1,5-7,9-10H2,2-3H3. The van der Waals surface area contributed by atoms with Crippen molar-refractivity contribution in [1.82, 2.24) is 14.5 Å². The zero-order chi connectivity index (χ0) is 25.9. The van der Waals surface area contributed by atoms with Gasteiger partial charge in [-0.1, -0.05) is 6.58 Å². The van der Waals surface area contributed by atoms with Crippen LogP contribution >= 0.6 is 11.8 Å². The number of carbonyl (C=O) groups is 1. The van der Waals surface area contributed by atoms with Gasteiger partial charge in [0.25, 0.3) is 0 Å². The summed E-state index contributed by atoms with van der Waals surface area (Å²) in [7, 11) is 0. The summed E-state index contributed by atoms with van der Waals surface area (Å²) in [4.78, 5) is 31.7. The Morgan fingerprint density at radius 3 is 2.31 bits per heavy atom. The van der Waals surface area contributed by atoms with E-state index in [-0.39, 0.29) is 48.0 Å². The van der Waals surface area contributed by atoms with E-state index in [0.29, 0.717) is 24.2 Å². The zero-order valence-electron chi connectivity index (χ0n) is 18.8. The van der Waals surface area contributed by atoms with Gasteiger partial charge >= 0.3 is 18.0 Å². The molecular formula is C22H22F6N4O2S. The predicted octanol–water partition coefficient (Wildman–Crippen LogP) is 4.54. The van der Waals surface area contributed by atoms with Gasteiger partial charge in [-0.15, -0.1) is 11.8 Å². The summed E-state index contributed by atoms with van der Waals surface area (Å²) in [6.45, 7) is 7.23. The number of benzene rings is 1. The van der Waals surface area contributed by atoms with Crippen LogP contribution in [0.4, 0.5) is 32.2 Å². The van der Waals surface area contributed by atoms with Gasteiger partial charge in [0.1, 0.15) is 5.82 Å². The molecule has 0 spiro atoms. The van der Waals surface area contributed by atoms with Crippen LogP contribution in [0.1, 0.15) is 31.4 Å². The van der Waals surface area contributed by atoms with Crippen molar-refractivity contribution in [2.24, 2.45) is 0 Å². The van der Waals surface area contributed by atoms with E-state index in [1.165, 1.54) is 0 Å². The Labute approximate surface area is 200 Å². The number of hydrogen-bond acceptors (Lipinski definition) is 5. The van der Waals surface area contributed by atoms with Crippen molar-refractivity contribution in [1.29, 1.82) is 0 Å². The fourth-order valence-electron chi connectivity index (χ4n) is 4.92. The molecule has 0 aliphatic carbocycles. The van der Waals surface area contributed by atoms with Gasteiger partial charge in [0, 0.05) is 42.0 Å². The largest absolute Gasteiger partial charge is 0.418 e. The average Bonchev–Trinajstić information content (AvgIpc) is 2.97. The van der Waals surface area contributed by atoms with Crippen LogP contribution in [0.2, 0.25) is 0 Å². The van der Waals surface area contributed by atoms with Crippen LogP contribution in [0.25, 0.3) is 10.9 Å². The molecule has 0 N–H and O–H groups in total. The Hall–Kier alpha value is -2.70. The van der Waals surface area contributed by atoms with Crippen molar-refractivity contribution in [3.63, 3.8) is 0 Å². The molecule has 190 valence electrons. The van der Waals surface area contributed by atoms with Crippen molar-refractivity contribution in [2.75, 3.05) is 23.7 Å². The quantitative estimate of drug-likeness (QED) is 0.430. The first-order valence-corrected chi connectivity index (χ1v) is 11.8. The number of thioether (sulfide) groups is 1. The third-order valence-corrected chi connectivity index (χ3v) is 7.39. The van der Waals surface area contributed by atoms with Crippen LogP contribution in [-0.4, -0.2) is 51.3 Å². The number of amides is 1. The minimum atomic E-state index is -5.28. The molecular weight excluding hydrogens is 498 g/mol. The monoisotopic (exact) mass is 520 g/mol. The number of carbonyl (C=O) groups excluding carboxylic acids is 1. The number of rotatable bonds is 2. The van der Waals surface area contributed by atoms with Gasteiger partial charge in [0.2, 0.25) is 5.91 Å². The number of halogens is 6. The molecule has 0 bridgehead atoms. The first-order valence-electron chi connectivity index (χ1n) is 10.8. The minimum Gasteiger partial charge on any atom is -0.352 e. The highest BCUT2D eigenvalue weighted by Gasteiger charge is 2.47. The van der Waals surface area contributed by atoms with E-state index < -0.39 is 46.1 Å². The van der Waals surface area contributed by atoms with Gasteiger partial charge in [0.15, 0.2) is 0 Å². The molecule has 1 amide bonds.